The first-order valence-corrected chi connectivity index (χ1v) is 11.6. The molecule has 2 N–H and O–H groups in total. The minimum absolute atomic E-state index is 0.469. The van der Waals surface area contributed by atoms with Crippen molar-refractivity contribution in [3.63, 3.8) is 0 Å². The van der Waals surface area contributed by atoms with E-state index in [0.717, 1.165) is 51.3 Å². The van der Waals surface area contributed by atoms with Crippen LogP contribution in [0.2, 0.25) is 0 Å². The first-order valence-electron chi connectivity index (χ1n) is 10.8. The normalized spacial score (nSPS) is 20.6. The Hall–Kier alpha value is -1.92. The smallest absolute Gasteiger partial charge is 0.191 e. The van der Waals surface area contributed by atoms with Crippen LogP contribution >= 0.6 is 11.3 Å². The van der Waals surface area contributed by atoms with Crippen molar-refractivity contribution < 1.29 is 0 Å². The number of hydrogen-bond donors (Lipinski definition) is 2. The molecule has 29 heavy (non-hydrogen) atoms. The van der Waals surface area contributed by atoms with E-state index >= 15 is 0 Å². The number of nitrogens with zero attached hydrogens (tertiary/aromatic N) is 3. The maximum Gasteiger partial charge on any atom is 0.191 e. The van der Waals surface area contributed by atoms with Crippen LogP contribution in [-0.4, -0.2) is 48.1 Å². The third kappa shape index (κ3) is 6.28. The van der Waals surface area contributed by atoms with Crippen molar-refractivity contribution in [1.29, 1.82) is 0 Å². The maximum atomic E-state index is 4.73. The first-order chi connectivity index (χ1) is 14.1. The van der Waals surface area contributed by atoms with E-state index < -0.39 is 0 Å². The summed E-state index contributed by atoms with van der Waals surface area (Å²) in [4.78, 5) is 13.1. The molecule has 5 nitrogen and oxygen atoms in total. The van der Waals surface area contributed by atoms with E-state index in [0.29, 0.717) is 12.1 Å². The summed E-state index contributed by atoms with van der Waals surface area (Å²) >= 11 is 1.82. The Morgan fingerprint density at radius 2 is 2.10 bits per heavy atom. The van der Waals surface area contributed by atoms with E-state index in [2.05, 4.69) is 71.6 Å². The molecule has 2 unspecified atom stereocenters. The highest BCUT2D eigenvalue weighted by Gasteiger charge is 2.25. The molecule has 1 saturated heterocycles. The summed E-state index contributed by atoms with van der Waals surface area (Å²) in [5.41, 5.74) is 2.63. The van der Waals surface area contributed by atoms with Crippen LogP contribution < -0.4 is 10.6 Å². The molecule has 2 atom stereocenters. The zero-order valence-electron chi connectivity index (χ0n) is 18.2. The van der Waals surface area contributed by atoms with E-state index in [1.807, 2.05) is 18.4 Å². The molecule has 0 amide bonds. The maximum absolute atomic E-state index is 4.73. The fourth-order valence-electron chi connectivity index (χ4n) is 4.00. The van der Waals surface area contributed by atoms with Crippen LogP contribution in [0.3, 0.4) is 0 Å². The second-order valence-electron chi connectivity index (χ2n) is 7.88. The quantitative estimate of drug-likeness (QED) is 0.536. The Morgan fingerprint density at radius 1 is 1.31 bits per heavy atom. The number of piperidine rings is 1. The van der Waals surface area contributed by atoms with Crippen LogP contribution in [0.1, 0.15) is 47.8 Å². The Bertz CT molecular complexity index is 786. The molecule has 1 aromatic heterocycles. The van der Waals surface area contributed by atoms with Crippen molar-refractivity contribution in [2.75, 3.05) is 20.1 Å². The van der Waals surface area contributed by atoms with Gasteiger partial charge in [-0.3, -0.25) is 9.89 Å². The van der Waals surface area contributed by atoms with Crippen LogP contribution in [-0.2, 0) is 19.4 Å². The topological polar surface area (TPSA) is 52.6 Å². The van der Waals surface area contributed by atoms with Crippen molar-refractivity contribution in [3.05, 3.63) is 51.5 Å². The lowest BCUT2D eigenvalue weighted by Gasteiger charge is -2.38. The molecule has 2 aromatic rings. The molecule has 0 radical (unpaired) electrons. The van der Waals surface area contributed by atoms with Crippen LogP contribution in [0.15, 0.2) is 35.3 Å². The number of likely N-dealkylation sites (tertiary alicyclic amines) is 1. The zero-order chi connectivity index (χ0) is 20.6. The second kappa shape index (κ2) is 10.7. The van der Waals surface area contributed by atoms with Gasteiger partial charge >= 0.3 is 0 Å². The molecule has 0 aliphatic carbocycles. The molecule has 0 bridgehead atoms. The predicted molar refractivity (Wildman–Crippen MR) is 124 cm³/mol. The molecule has 1 aromatic carbocycles. The SMILES string of the molecule is CCc1nc(CCNC(=NC)NC2CCN(Cc3ccccc3)C(C)C2)sc1C. The molecule has 158 valence electrons. The largest absolute Gasteiger partial charge is 0.356 e. The number of thiazole rings is 1. The van der Waals surface area contributed by atoms with Gasteiger partial charge in [0.1, 0.15) is 0 Å². The number of aryl methyl sites for hydroxylation is 2. The Kier molecular flexibility index (Phi) is 8.07. The monoisotopic (exact) mass is 413 g/mol. The Balaban J connectivity index is 1.42. The summed E-state index contributed by atoms with van der Waals surface area (Å²) in [5.74, 6) is 0.905. The van der Waals surface area contributed by atoms with E-state index in [1.165, 1.54) is 21.1 Å². The van der Waals surface area contributed by atoms with Gasteiger partial charge in [0.05, 0.1) is 10.7 Å². The summed E-state index contributed by atoms with van der Waals surface area (Å²) in [6.07, 6.45) is 4.24. The van der Waals surface area contributed by atoms with Gasteiger partial charge in [0.2, 0.25) is 0 Å². The zero-order valence-corrected chi connectivity index (χ0v) is 19.1. The summed E-state index contributed by atoms with van der Waals surface area (Å²) in [7, 11) is 1.85. The van der Waals surface area contributed by atoms with Gasteiger partial charge in [0.25, 0.3) is 0 Å². The van der Waals surface area contributed by atoms with Crippen molar-refractivity contribution in [1.82, 2.24) is 20.5 Å². The van der Waals surface area contributed by atoms with Gasteiger partial charge in [-0.1, -0.05) is 37.3 Å². The van der Waals surface area contributed by atoms with Gasteiger partial charge < -0.3 is 10.6 Å². The number of benzene rings is 1. The highest BCUT2D eigenvalue weighted by atomic mass is 32.1. The standard InChI is InChI=1S/C23H35N5S/c1-5-21-18(3)29-22(27-21)11-13-25-23(24-4)26-20-12-14-28(17(2)15-20)16-19-9-7-6-8-10-19/h6-10,17,20H,5,11-16H2,1-4H3,(H2,24,25,26). The highest BCUT2D eigenvalue weighted by molar-refractivity contribution is 7.11. The summed E-state index contributed by atoms with van der Waals surface area (Å²) in [6, 6.07) is 11.8. The third-order valence-electron chi connectivity index (χ3n) is 5.71. The molecular weight excluding hydrogens is 378 g/mol. The summed E-state index contributed by atoms with van der Waals surface area (Å²) in [5, 5.41) is 8.31. The van der Waals surface area contributed by atoms with Crippen molar-refractivity contribution >= 4 is 17.3 Å². The van der Waals surface area contributed by atoms with Crippen molar-refractivity contribution in [2.45, 2.75) is 65.1 Å². The van der Waals surface area contributed by atoms with Crippen LogP contribution in [0.4, 0.5) is 0 Å². The van der Waals surface area contributed by atoms with Gasteiger partial charge in [-0.15, -0.1) is 11.3 Å². The molecule has 0 saturated carbocycles. The molecule has 1 fully saturated rings. The first kappa shape index (κ1) is 21.8. The van der Waals surface area contributed by atoms with Gasteiger partial charge in [-0.05, 0) is 38.7 Å². The fraction of sp³-hybridized carbons (Fsp3) is 0.565. The molecule has 1 aliphatic rings. The molecule has 3 rings (SSSR count). The van der Waals surface area contributed by atoms with Crippen LogP contribution in [0, 0.1) is 6.92 Å². The minimum Gasteiger partial charge on any atom is -0.356 e. The predicted octanol–water partition coefficient (Wildman–Crippen LogP) is 3.77. The average Bonchev–Trinajstić information content (AvgIpc) is 3.09. The number of guanidine groups is 1. The lowest BCUT2D eigenvalue weighted by Crippen LogP contribution is -2.51. The summed E-state index contributed by atoms with van der Waals surface area (Å²) < 4.78 is 0. The van der Waals surface area contributed by atoms with Crippen LogP contribution in [0.25, 0.3) is 0 Å². The van der Waals surface area contributed by atoms with Crippen molar-refractivity contribution in [3.8, 4) is 0 Å². The minimum atomic E-state index is 0.469. The Morgan fingerprint density at radius 3 is 2.76 bits per heavy atom. The van der Waals surface area contributed by atoms with Crippen LogP contribution in [0.5, 0.6) is 0 Å². The van der Waals surface area contributed by atoms with E-state index in [-0.39, 0.29) is 0 Å². The van der Waals surface area contributed by atoms with E-state index in [1.54, 1.807) is 0 Å². The number of aromatic nitrogens is 1. The number of aliphatic imine (C=N–C) groups is 1. The van der Waals surface area contributed by atoms with E-state index in [9.17, 15) is 0 Å². The Labute approximate surface area is 179 Å². The van der Waals surface area contributed by atoms with Gasteiger partial charge in [0.15, 0.2) is 5.96 Å². The molecule has 6 heteroatoms. The lowest BCUT2D eigenvalue weighted by molar-refractivity contribution is 0.134. The highest BCUT2D eigenvalue weighted by Crippen LogP contribution is 2.20. The molecule has 1 aliphatic heterocycles. The molecular formula is C23H35N5S. The molecule has 2 heterocycles. The number of hydrogen-bond acceptors (Lipinski definition) is 4. The van der Waals surface area contributed by atoms with E-state index in [4.69, 9.17) is 4.98 Å². The molecule has 0 spiro atoms. The summed E-state index contributed by atoms with van der Waals surface area (Å²) in [6.45, 7) is 9.68. The number of nitrogens with one attached hydrogen (secondary N) is 2. The lowest BCUT2D eigenvalue weighted by atomic mass is 9.97. The van der Waals surface area contributed by atoms with Gasteiger partial charge in [-0.25, -0.2) is 4.98 Å². The fourth-order valence-corrected chi connectivity index (χ4v) is 5.02. The van der Waals surface area contributed by atoms with Crippen molar-refractivity contribution in [2.24, 2.45) is 4.99 Å². The second-order valence-corrected chi connectivity index (χ2v) is 9.17. The van der Waals surface area contributed by atoms with Gasteiger partial charge in [-0.2, -0.15) is 0 Å². The van der Waals surface area contributed by atoms with Gasteiger partial charge in [0, 0.05) is 50.1 Å². The third-order valence-corrected chi connectivity index (χ3v) is 6.78. The average molecular weight is 414 g/mol. The number of rotatable bonds is 7.